The molecule has 0 aromatic heterocycles. The molecular formula is C13H13NO5S. The van der Waals surface area contributed by atoms with Crippen LogP contribution in [-0.2, 0) is 9.59 Å². The summed E-state index contributed by atoms with van der Waals surface area (Å²) in [6.45, 7) is 0.0643. The van der Waals surface area contributed by atoms with Gasteiger partial charge in [-0.1, -0.05) is 11.8 Å². The summed E-state index contributed by atoms with van der Waals surface area (Å²) in [5.74, 6) is 2.24. The van der Waals surface area contributed by atoms with Crippen molar-refractivity contribution in [3.05, 3.63) is 18.2 Å². The minimum atomic E-state index is -0.382. The average Bonchev–Trinajstić information content (AvgIpc) is 3.05. The number of carbonyl (C=O) groups excluding carboxylic acids is 2. The molecule has 0 bridgehead atoms. The maximum absolute atomic E-state index is 11.7. The van der Waals surface area contributed by atoms with E-state index in [2.05, 4.69) is 5.32 Å². The predicted octanol–water partition coefficient (Wildman–Crippen LogP) is 0.942. The summed E-state index contributed by atoms with van der Waals surface area (Å²) in [5, 5.41) is 2.68. The number of ether oxygens (including phenoxy) is 3. The Bertz CT molecular complexity index is 548. The van der Waals surface area contributed by atoms with Crippen molar-refractivity contribution in [3.8, 4) is 17.2 Å². The van der Waals surface area contributed by atoms with Gasteiger partial charge in [-0.3, -0.25) is 9.59 Å². The van der Waals surface area contributed by atoms with E-state index in [0.717, 1.165) is 5.75 Å². The molecule has 1 aromatic carbocycles. The second kappa shape index (κ2) is 5.62. The molecule has 6 nitrogen and oxygen atoms in total. The molecule has 2 aliphatic rings. The van der Waals surface area contributed by atoms with Crippen LogP contribution >= 0.6 is 11.8 Å². The Hall–Kier alpha value is -1.89. The maximum Gasteiger partial charge on any atom is 0.258 e. The molecule has 0 spiro atoms. The van der Waals surface area contributed by atoms with E-state index in [9.17, 15) is 9.59 Å². The van der Waals surface area contributed by atoms with Crippen molar-refractivity contribution in [2.75, 3.05) is 19.2 Å². The Balaban J connectivity index is 1.51. The largest absolute Gasteiger partial charge is 0.484 e. The van der Waals surface area contributed by atoms with Crippen LogP contribution in [0.15, 0.2) is 18.2 Å². The molecule has 0 saturated carbocycles. The molecule has 0 radical (unpaired) electrons. The molecule has 2 aliphatic heterocycles. The maximum atomic E-state index is 11.7. The van der Waals surface area contributed by atoms with Gasteiger partial charge in [0.05, 0.1) is 6.04 Å². The summed E-state index contributed by atoms with van der Waals surface area (Å²) in [6.07, 6.45) is 0.680. The van der Waals surface area contributed by atoms with Gasteiger partial charge < -0.3 is 19.5 Å². The second-order valence-corrected chi connectivity index (χ2v) is 5.48. The molecule has 106 valence electrons. The highest BCUT2D eigenvalue weighted by molar-refractivity contribution is 8.14. The Morgan fingerprint density at radius 3 is 3.05 bits per heavy atom. The van der Waals surface area contributed by atoms with Gasteiger partial charge >= 0.3 is 0 Å². The standard InChI is InChI=1S/C13H13NO5S/c15-12(14-9-3-4-20-13(9)16)6-17-8-1-2-10-11(5-8)19-7-18-10/h1-2,5,9H,3-4,6-7H2,(H,14,15). The van der Waals surface area contributed by atoms with Crippen LogP contribution in [0.2, 0.25) is 0 Å². The van der Waals surface area contributed by atoms with E-state index >= 15 is 0 Å². The van der Waals surface area contributed by atoms with Crippen LogP contribution in [0.5, 0.6) is 17.2 Å². The first kappa shape index (κ1) is 13.1. The van der Waals surface area contributed by atoms with Crippen LogP contribution in [0.1, 0.15) is 6.42 Å². The minimum Gasteiger partial charge on any atom is -0.484 e. The third kappa shape index (κ3) is 2.82. The van der Waals surface area contributed by atoms with E-state index in [1.54, 1.807) is 18.2 Å². The molecule has 1 amide bonds. The number of hydrogen-bond acceptors (Lipinski definition) is 6. The quantitative estimate of drug-likeness (QED) is 0.891. The predicted molar refractivity (Wildman–Crippen MR) is 72.1 cm³/mol. The van der Waals surface area contributed by atoms with Crippen LogP contribution in [-0.4, -0.2) is 36.2 Å². The molecule has 1 saturated heterocycles. The minimum absolute atomic E-state index is 0.0152. The molecule has 1 aromatic rings. The van der Waals surface area contributed by atoms with E-state index < -0.39 is 0 Å². The van der Waals surface area contributed by atoms with Gasteiger partial charge in [-0.05, 0) is 18.6 Å². The van der Waals surface area contributed by atoms with E-state index in [4.69, 9.17) is 14.2 Å². The average molecular weight is 295 g/mol. The lowest BCUT2D eigenvalue weighted by molar-refractivity contribution is -0.126. The molecule has 2 heterocycles. The third-order valence-corrected chi connectivity index (χ3v) is 3.99. The number of rotatable bonds is 4. The van der Waals surface area contributed by atoms with Crippen LogP contribution in [0.25, 0.3) is 0 Å². The normalized spacial score (nSPS) is 20.0. The first-order valence-electron chi connectivity index (χ1n) is 6.21. The lowest BCUT2D eigenvalue weighted by Gasteiger charge is -2.11. The zero-order valence-corrected chi connectivity index (χ0v) is 11.4. The lowest BCUT2D eigenvalue weighted by atomic mass is 10.2. The van der Waals surface area contributed by atoms with Crippen molar-refractivity contribution in [2.24, 2.45) is 0 Å². The molecule has 20 heavy (non-hydrogen) atoms. The van der Waals surface area contributed by atoms with Crippen molar-refractivity contribution in [1.82, 2.24) is 5.32 Å². The molecule has 3 rings (SSSR count). The number of nitrogens with one attached hydrogen (secondary N) is 1. The number of carbonyl (C=O) groups is 2. The van der Waals surface area contributed by atoms with Crippen LogP contribution in [0.4, 0.5) is 0 Å². The zero-order chi connectivity index (χ0) is 13.9. The number of amides is 1. The summed E-state index contributed by atoms with van der Waals surface area (Å²) >= 11 is 1.25. The van der Waals surface area contributed by atoms with Gasteiger partial charge in [0.1, 0.15) is 5.75 Å². The highest BCUT2D eigenvalue weighted by Crippen LogP contribution is 2.35. The topological polar surface area (TPSA) is 73.9 Å². The van der Waals surface area contributed by atoms with E-state index in [0.29, 0.717) is 23.7 Å². The van der Waals surface area contributed by atoms with E-state index in [1.807, 2.05) is 0 Å². The number of benzene rings is 1. The van der Waals surface area contributed by atoms with Crippen molar-refractivity contribution in [1.29, 1.82) is 0 Å². The van der Waals surface area contributed by atoms with Crippen molar-refractivity contribution in [2.45, 2.75) is 12.5 Å². The van der Waals surface area contributed by atoms with E-state index in [1.165, 1.54) is 11.8 Å². The summed E-state index contributed by atoms with van der Waals surface area (Å²) < 4.78 is 15.8. The van der Waals surface area contributed by atoms with Crippen LogP contribution < -0.4 is 19.5 Å². The van der Waals surface area contributed by atoms with Crippen molar-refractivity contribution in [3.63, 3.8) is 0 Å². The van der Waals surface area contributed by atoms with Gasteiger partial charge in [-0.2, -0.15) is 0 Å². The monoisotopic (exact) mass is 295 g/mol. The first-order valence-corrected chi connectivity index (χ1v) is 7.19. The molecule has 1 unspecified atom stereocenters. The smallest absolute Gasteiger partial charge is 0.258 e. The summed E-state index contributed by atoms with van der Waals surface area (Å²) in [5.41, 5.74) is 0. The van der Waals surface area contributed by atoms with Gasteiger partial charge in [-0.25, -0.2) is 0 Å². The Morgan fingerprint density at radius 2 is 2.25 bits per heavy atom. The third-order valence-electron chi connectivity index (χ3n) is 2.98. The van der Waals surface area contributed by atoms with Gasteiger partial charge in [0.15, 0.2) is 18.1 Å². The Labute approximate surface area is 119 Å². The van der Waals surface area contributed by atoms with Gasteiger partial charge in [0.25, 0.3) is 5.91 Å². The van der Waals surface area contributed by atoms with Gasteiger partial charge in [0, 0.05) is 11.8 Å². The second-order valence-electron chi connectivity index (χ2n) is 4.38. The Kier molecular flexibility index (Phi) is 3.68. The van der Waals surface area contributed by atoms with E-state index in [-0.39, 0.29) is 30.5 Å². The summed E-state index contributed by atoms with van der Waals surface area (Å²) in [4.78, 5) is 23.1. The molecule has 0 aliphatic carbocycles. The van der Waals surface area contributed by atoms with Crippen molar-refractivity contribution < 1.29 is 23.8 Å². The lowest BCUT2D eigenvalue weighted by Crippen LogP contribution is -2.39. The zero-order valence-electron chi connectivity index (χ0n) is 10.6. The summed E-state index contributed by atoms with van der Waals surface area (Å²) in [7, 11) is 0. The molecular weight excluding hydrogens is 282 g/mol. The van der Waals surface area contributed by atoms with Gasteiger partial charge in [-0.15, -0.1) is 0 Å². The van der Waals surface area contributed by atoms with Gasteiger partial charge in [0.2, 0.25) is 11.9 Å². The number of hydrogen-bond donors (Lipinski definition) is 1. The fourth-order valence-corrected chi connectivity index (χ4v) is 2.91. The fraction of sp³-hybridized carbons (Fsp3) is 0.385. The highest BCUT2D eigenvalue weighted by Gasteiger charge is 2.26. The fourth-order valence-electron chi connectivity index (χ4n) is 1.98. The molecule has 7 heteroatoms. The van der Waals surface area contributed by atoms with Crippen LogP contribution in [0, 0.1) is 0 Å². The Morgan fingerprint density at radius 1 is 1.40 bits per heavy atom. The SMILES string of the molecule is O=C(COc1ccc2c(c1)OCO2)NC1CCSC1=O. The van der Waals surface area contributed by atoms with Crippen LogP contribution in [0.3, 0.4) is 0 Å². The number of thioether (sulfide) groups is 1. The van der Waals surface area contributed by atoms with Crippen molar-refractivity contribution >= 4 is 22.8 Å². The highest BCUT2D eigenvalue weighted by atomic mass is 32.2. The first-order chi connectivity index (χ1) is 9.72. The summed E-state index contributed by atoms with van der Waals surface area (Å²) in [6, 6.07) is 4.73. The molecule has 1 fully saturated rings. The molecule has 1 atom stereocenters. The number of fused-ring (bicyclic) bond motifs is 1. The molecule has 1 N–H and O–H groups in total.